The van der Waals surface area contributed by atoms with Gasteiger partial charge in [0.1, 0.15) is 6.61 Å². The molecule has 3 heterocycles. The lowest BCUT2D eigenvalue weighted by Crippen LogP contribution is -2.58. The zero-order valence-corrected chi connectivity index (χ0v) is 16.8. The van der Waals surface area contributed by atoms with Gasteiger partial charge in [-0.1, -0.05) is 41.9 Å². The van der Waals surface area contributed by atoms with Gasteiger partial charge >= 0.3 is 0 Å². The van der Waals surface area contributed by atoms with Crippen molar-refractivity contribution in [2.45, 2.75) is 31.4 Å². The van der Waals surface area contributed by atoms with Crippen molar-refractivity contribution in [3.05, 3.63) is 64.9 Å². The van der Waals surface area contributed by atoms with Crippen LogP contribution in [0.15, 0.2) is 48.7 Å². The maximum atomic E-state index is 12.4. The zero-order chi connectivity index (χ0) is 19.4. The highest BCUT2D eigenvalue weighted by Gasteiger charge is 2.42. The molecular weight excluding hydrogens is 374 g/mol. The number of nitrogens with zero attached hydrogens (tertiary/aromatic N) is 3. The van der Waals surface area contributed by atoms with E-state index in [4.69, 9.17) is 16.3 Å². The Labute approximate surface area is 171 Å². The van der Waals surface area contributed by atoms with Gasteiger partial charge in [-0.3, -0.25) is 9.78 Å². The number of morpholine rings is 1. The summed E-state index contributed by atoms with van der Waals surface area (Å²) in [5.74, 6) is 0.0360. The lowest BCUT2D eigenvalue weighted by Gasteiger charge is -2.47. The van der Waals surface area contributed by atoms with Crippen molar-refractivity contribution >= 4 is 17.5 Å². The zero-order valence-electron chi connectivity index (χ0n) is 16.0. The van der Waals surface area contributed by atoms with Crippen LogP contribution in [0.4, 0.5) is 0 Å². The number of benzene rings is 1. The highest BCUT2D eigenvalue weighted by molar-refractivity contribution is 6.30. The van der Waals surface area contributed by atoms with E-state index in [1.54, 1.807) is 6.20 Å². The fourth-order valence-corrected chi connectivity index (χ4v) is 4.16. The SMILES string of the molecule is O=C1COC2(CCN(CCc3ccccc3)CC2)CN1Cc1ccc(Cl)cn1. The number of rotatable bonds is 5. The first-order valence-electron chi connectivity index (χ1n) is 9.90. The molecule has 148 valence electrons. The molecule has 1 amide bonds. The summed E-state index contributed by atoms with van der Waals surface area (Å²) in [4.78, 5) is 21.1. The number of halogens is 1. The van der Waals surface area contributed by atoms with Crippen LogP contribution in [-0.4, -0.2) is 59.1 Å². The van der Waals surface area contributed by atoms with Crippen molar-refractivity contribution in [2.24, 2.45) is 0 Å². The molecule has 2 aliphatic rings. The van der Waals surface area contributed by atoms with E-state index in [2.05, 4.69) is 40.2 Å². The highest BCUT2D eigenvalue weighted by Crippen LogP contribution is 2.31. The van der Waals surface area contributed by atoms with E-state index in [0.717, 1.165) is 44.6 Å². The molecule has 2 aliphatic heterocycles. The van der Waals surface area contributed by atoms with Gasteiger partial charge in [0, 0.05) is 25.8 Å². The topological polar surface area (TPSA) is 45.7 Å². The number of amides is 1. The van der Waals surface area contributed by atoms with Crippen LogP contribution >= 0.6 is 11.6 Å². The Hall–Kier alpha value is -1.95. The van der Waals surface area contributed by atoms with Crippen molar-refractivity contribution in [1.29, 1.82) is 0 Å². The van der Waals surface area contributed by atoms with E-state index in [0.29, 0.717) is 18.1 Å². The van der Waals surface area contributed by atoms with Crippen LogP contribution in [0.5, 0.6) is 0 Å². The summed E-state index contributed by atoms with van der Waals surface area (Å²) in [5, 5.41) is 0.608. The molecular formula is C22H26ClN3O2. The molecule has 4 rings (SSSR count). The summed E-state index contributed by atoms with van der Waals surface area (Å²) in [6.45, 7) is 4.40. The van der Waals surface area contributed by atoms with Gasteiger partial charge in [-0.2, -0.15) is 0 Å². The van der Waals surface area contributed by atoms with Gasteiger partial charge in [0.15, 0.2) is 0 Å². The molecule has 0 radical (unpaired) electrons. The molecule has 2 fully saturated rings. The predicted molar refractivity (Wildman–Crippen MR) is 109 cm³/mol. The Kier molecular flexibility index (Phi) is 5.95. The molecule has 2 aromatic rings. The number of carbonyl (C=O) groups excluding carboxylic acids is 1. The lowest BCUT2D eigenvalue weighted by atomic mass is 9.89. The molecule has 0 atom stereocenters. The first kappa shape index (κ1) is 19.4. The van der Waals surface area contributed by atoms with Crippen molar-refractivity contribution in [3.63, 3.8) is 0 Å². The molecule has 1 spiro atoms. The summed E-state index contributed by atoms with van der Waals surface area (Å²) in [6.07, 6.45) is 4.61. The van der Waals surface area contributed by atoms with Crippen LogP contribution in [0.2, 0.25) is 5.02 Å². The summed E-state index contributed by atoms with van der Waals surface area (Å²) in [5.41, 5.74) is 2.02. The number of hydrogen-bond donors (Lipinski definition) is 0. The predicted octanol–water partition coefficient (Wildman–Crippen LogP) is 3.17. The van der Waals surface area contributed by atoms with Gasteiger partial charge in [0.25, 0.3) is 0 Å². The third kappa shape index (κ3) is 4.72. The largest absolute Gasteiger partial charge is 0.363 e. The number of likely N-dealkylation sites (tertiary alicyclic amines) is 1. The summed E-state index contributed by atoms with van der Waals surface area (Å²) in [7, 11) is 0. The molecule has 0 saturated carbocycles. The van der Waals surface area contributed by atoms with Crippen LogP contribution in [-0.2, 0) is 22.5 Å². The minimum atomic E-state index is -0.219. The number of piperidine rings is 1. The Morgan fingerprint density at radius 2 is 1.89 bits per heavy atom. The Bertz CT molecular complexity index is 789. The molecule has 0 bridgehead atoms. The van der Waals surface area contributed by atoms with Crippen LogP contribution in [0.25, 0.3) is 0 Å². The Morgan fingerprint density at radius 1 is 1.11 bits per heavy atom. The molecule has 0 N–H and O–H groups in total. The molecule has 0 unspecified atom stereocenters. The van der Waals surface area contributed by atoms with Gasteiger partial charge in [0.2, 0.25) is 5.91 Å². The molecule has 0 aliphatic carbocycles. The third-order valence-corrected chi connectivity index (χ3v) is 6.03. The van der Waals surface area contributed by atoms with E-state index < -0.39 is 0 Å². The fourth-order valence-electron chi connectivity index (χ4n) is 4.05. The average molecular weight is 400 g/mol. The number of ether oxygens (including phenoxy) is 1. The molecule has 2 saturated heterocycles. The Balaban J connectivity index is 1.31. The smallest absolute Gasteiger partial charge is 0.249 e. The second-order valence-corrected chi connectivity index (χ2v) is 8.20. The third-order valence-electron chi connectivity index (χ3n) is 5.80. The van der Waals surface area contributed by atoms with E-state index >= 15 is 0 Å². The molecule has 6 heteroatoms. The van der Waals surface area contributed by atoms with Crippen LogP contribution in [0, 0.1) is 0 Å². The average Bonchev–Trinajstić information content (AvgIpc) is 2.73. The van der Waals surface area contributed by atoms with Gasteiger partial charge in [-0.25, -0.2) is 0 Å². The van der Waals surface area contributed by atoms with Crippen LogP contribution in [0.3, 0.4) is 0 Å². The van der Waals surface area contributed by atoms with E-state index in [9.17, 15) is 4.79 Å². The van der Waals surface area contributed by atoms with Gasteiger partial charge in [-0.05, 0) is 37.0 Å². The van der Waals surface area contributed by atoms with Crippen LogP contribution in [0.1, 0.15) is 24.1 Å². The fraction of sp³-hybridized carbons (Fsp3) is 0.455. The summed E-state index contributed by atoms with van der Waals surface area (Å²) in [6, 6.07) is 14.3. The second kappa shape index (κ2) is 8.60. The first-order chi connectivity index (χ1) is 13.6. The number of carbonyl (C=O) groups is 1. The van der Waals surface area contributed by atoms with E-state index in [1.807, 2.05) is 17.0 Å². The monoisotopic (exact) mass is 399 g/mol. The Morgan fingerprint density at radius 3 is 2.61 bits per heavy atom. The number of hydrogen-bond acceptors (Lipinski definition) is 4. The standard InChI is InChI=1S/C22H26ClN3O2/c23-19-6-7-20(24-14-19)15-26-17-22(28-16-21(26)27)9-12-25(13-10-22)11-8-18-4-2-1-3-5-18/h1-7,14H,8-13,15-17H2. The highest BCUT2D eigenvalue weighted by atomic mass is 35.5. The van der Waals surface area contributed by atoms with Gasteiger partial charge < -0.3 is 14.5 Å². The summed E-state index contributed by atoms with van der Waals surface area (Å²) >= 11 is 5.91. The summed E-state index contributed by atoms with van der Waals surface area (Å²) < 4.78 is 6.06. The van der Waals surface area contributed by atoms with Crippen molar-refractivity contribution < 1.29 is 9.53 Å². The van der Waals surface area contributed by atoms with E-state index in [1.165, 1.54) is 5.56 Å². The number of aromatic nitrogens is 1. The normalized spacial score (nSPS) is 19.9. The second-order valence-electron chi connectivity index (χ2n) is 7.77. The first-order valence-corrected chi connectivity index (χ1v) is 10.3. The lowest BCUT2D eigenvalue weighted by molar-refractivity contribution is -0.172. The van der Waals surface area contributed by atoms with Crippen molar-refractivity contribution in [1.82, 2.24) is 14.8 Å². The van der Waals surface area contributed by atoms with Gasteiger partial charge in [-0.15, -0.1) is 0 Å². The van der Waals surface area contributed by atoms with Gasteiger partial charge in [0.05, 0.1) is 29.4 Å². The quantitative estimate of drug-likeness (QED) is 0.774. The molecule has 1 aromatic carbocycles. The van der Waals surface area contributed by atoms with E-state index in [-0.39, 0.29) is 18.1 Å². The van der Waals surface area contributed by atoms with Crippen LogP contribution < -0.4 is 0 Å². The minimum absolute atomic E-state index is 0.0360. The maximum absolute atomic E-state index is 12.4. The number of pyridine rings is 1. The molecule has 28 heavy (non-hydrogen) atoms. The van der Waals surface area contributed by atoms with Crippen molar-refractivity contribution in [3.8, 4) is 0 Å². The molecule has 1 aromatic heterocycles. The minimum Gasteiger partial charge on any atom is -0.363 e. The molecule has 5 nitrogen and oxygen atoms in total. The van der Waals surface area contributed by atoms with Crippen molar-refractivity contribution in [2.75, 3.05) is 32.8 Å². The maximum Gasteiger partial charge on any atom is 0.249 e.